The minimum absolute atomic E-state index is 0.00160. The fraction of sp³-hybridized carbons (Fsp3) is 0.421. The fourth-order valence-corrected chi connectivity index (χ4v) is 3.86. The highest BCUT2D eigenvalue weighted by molar-refractivity contribution is 5.94. The van der Waals surface area contributed by atoms with Gasteiger partial charge in [-0.1, -0.05) is 0 Å². The summed E-state index contributed by atoms with van der Waals surface area (Å²) < 4.78 is 10.5. The van der Waals surface area contributed by atoms with Gasteiger partial charge in [-0.05, 0) is 37.0 Å². The van der Waals surface area contributed by atoms with E-state index in [2.05, 4.69) is 4.98 Å². The van der Waals surface area contributed by atoms with E-state index in [1.54, 1.807) is 36.7 Å². The summed E-state index contributed by atoms with van der Waals surface area (Å²) in [5, 5.41) is 0. The van der Waals surface area contributed by atoms with Crippen LogP contribution in [0.3, 0.4) is 0 Å². The highest BCUT2D eigenvalue weighted by Gasteiger charge is 2.39. The van der Waals surface area contributed by atoms with Gasteiger partial charge in [0, 0.05) is 49.7 Å². The van der Waals surface area contributed by atoms with Gasteiger partial charge < -0.3 is 19.0 Å². The molecule has 0 aromatic carbocycles. The van der Waals surface area contributed by atoms with E-state index in [4.69, 9.17) is 9.15 Å². The molecule has 7 nitrogen and oxygen atoms in total. The number of ether oxygens (including phenoxy) is 1. The lowest BCUT2D eigenvalue weighted by Crippen LogP contribution is -2.47. The number of fused-ring (bicyclic) bond motifs is 4. The Labute approximate surface area is 151 Å². The maximum Gasteiger partial charge on any atom is 0.290 e. The molecular weight excluding hydrogens is 334 g/mol. The molecule has 0 saturated carbocycles. The number of methoxy groups -OCH3 is 1. The maximum atomic E-state index is 12.9. The molecule has 0 unspecified atom stereocenters. The normalized spacial score (nSPS) is 22.2. The van der Waals surface area contributed by atoms with Crippen LogP contribution in [0.1, 0.15) is 33.8 Å². The Hall–Kier alpha value is -2.83. The minimum Gasteiger partial charge on any atom is -0.468 e. The molecule has 3 fully saturated rings. The molecule has 0 spiro atoms. The summed E-state index contributed by atoms with van der Waals surface area (Å²) in [4.78, 5) is 33.4. The molecule has 0 radical (unpaired) electrons. The maximum absolute atomic E-state index is 12.9. The van der Waals surface area contributed by atoms with Crippen molar-refractivity contribution in [1.82, 2.24) is 14.8 Å². The van der Waals surface area contributed by atoms with Crippen LogP contribution in [0.25, 0.3) is 0 Å². The fourth-order valence-electron chi connectivity index (χ4n) is 3.86. The van der Waals surface area contributed by atoms with Crippen LogP contribution < -0.4 is 4.74 Å². The van der Waals surface area contributed by atoms with Crippen molar-refractivity contribution in [1.29, 1.82) is 0 Å². The van der Waals surface area contributed by atoms with Gasteiger partial charge in [-0.3, -0.25) is 14.6 Å². The van der Waals surface area contributed by atoms with E-state index >= 15 is 0 Å². The van der Waals surface area contributed by atoms with Crippen LogP contribution in [0.2, 0.25) is 0 Å². The first-order valence-corrected chi connectivity index (χ1v) is 8.80. The number of aromatic nitrogens is 1. The lowest BCUT2D eigenvalue weighted by molar-refractivity contribution is 0.0539. The third kappa shape index (κ3) is 3.05. The number of hydrogen-bond donors (Lipinski definition) is 0. The van der Waals surface area contributed by atoms with Crippen LogP contribution in [0, 0.1) is 5.92 Å². The third-order valence-corrected chi connectivity index (χ3v) is 5.18. The Morgan fingerprint density at radius 3 is 2.62 bits per heavy atom. The van der Waals surface area contributed by atoms with E-state index in [9.17, 15) is 9.59 Å². The first-order valence-electron chi connectivity index (χ1n) is 8.80. The second-order valence-electron chi connectivity index (χ2n) is 6.82. The molecule has 0 aliphatic carbocycles. The number of furan rings is 1. The van der Waals surface area contributed by atoms with Crippen molar-refractivity contribution in [2.24, 2.45) is 5.92 Å². The lowest BCUT2D eigenvalue weighted by Gasteiger charge is -2.35. The second-order valence-corrected chi connectivity index (χ2v) is 6.82. The van der Waals surface area contributed by atoms with Gasteiger partial charge in [0.25, 0.3) is 17.8 Å². The Kier molecular flexibility index (Phi) is 4.36. The molecule has 2 aromatic rings. The Bertz CT molecular complexity index is 804. The summed E-state index contributed by atoms with van der Waals surface area (Å²) in [6.45, 7) is 1.86. The van der Waals surface area contributed by atoms with Crippen LogP contribution in [0.5, 0.6) is 5.95 Å². The van der Waals surface area contributed by atoms with Gasteiger partial charge in [-0.2, -0.15) is 0 Å². The van der Waals surface area contributed by atoms with Crippen molar-refractivity contribution in [3.63, 3.8) is 0 Å². The van der Waals surface area contributed by atoms with Gasteiger partial charge in [0.1, 0.15) is 0 Å². The van der Waals surface area contributed by atoms with E-state index in [-0.39, 0.29) is 29.5 Å². The summed E-state index contributed by atoms with van der Waals surface area (Å²) in [7, 11) is 1.50. The summed E-state index contributed by atoms with van der Waals surface area (Å²) in [5.41, 5.74) is 0.634. The van der Waals surface area contributed by atoms with E-state index < -0.39 is 0 Å². The number of amides is 2. The van der Waals surface area contributed by atoms with Crippen molar-refractivity contribution in [3.8, 4) is 5.95 Å². The lowest BCUT2D eigenvalue weighted by atomic mass is 9.95. The largest absolute Gasteiger partial charge is 0.468 e. The van der Waals surface area contributed by atoms with E-state index in [0.717, 1.165) is 12.8 Å². The van der Waals surface area contributed by atoms with Crippen LogP contribution in [-0.2, 0) is 0 Å². The van der Waals surface area contributed by atoms with E-state index in [1.807, 2.05) is 9.80 Å². The van der Waals surface area contributed by atoms with Crippen molar-refractivity contribution in [3.05, 3.63) is 48.0 Å². The van der Waals surface area contributed by atoms with Crippen LogP contribution in [-0.4, -0.2) is 59.4 Å². The first kappa shape index (κ1) is 16.6. The minimum atomic E-state index is -0.138. The SMILES string of the molecule is COc1ccc(C(=O)N2C[C@H]3CC[C@@H]2CN(C(=O)c2ccncc2)C3)o1. The van der Waals surface area contributed by atoms with Crippen molar-refractivity contribution in [2.45, 2.75) is 18.9 Å². The smallest absolute Gasteiger partial charge is 0.290 e. The molecule has 3 saturated heterocycles. The molecule has 2 bridgehead atoms. The number of piperidine rings is 1. The van der Waals surface area contributed by atoms with E-state index in [0.29, 0.717) is 31.1 Å². The van der Waals surface area contributed by atoms with Gasteiger partial charge in [-0.15, -0.1) is 0 Å². The van der Waals surface area contributed by atoms with Gasteiger partial charge in [0.2, 0.25) is 0 Å². The molecule has 2 atom stereocenters. The average Bonchev–Trinajstić information content (AvgIpc) is 2.98. The zero-order chi connectivity index (χ0) is 18.1. The molecule has 2 aromatic heterocycles. The topological polar surface area (TPSA) is 75.9 Å². The molecule has 7 heteroatoms. The molecule has 136 valence electrons. The zero-order valence-corrected chi connectivity index (χ0v) is 14.6. The van der Waals surface area contributed by atoms with E-state index in [1.165, 1.54) is 7.11 Å². The number of nitrogens with zero attached hydrogens (tertiary/aromatic N) is 3. The van der Waals surface area contributed by atoms with Gasteiger partial charge in [-0.25, -0.2) is 0 Å². The number of hydrogen-bond acceptors (Lipinski definition) is 5. The van der Waals surface area contributed by atoms with Crippen molar-refractivity contribution >= 4 is 11.8 Å². The molecule has 3 aliphatic heterocycles. The number of pyridine rings is 1. The highest BCUT2D eigenvalue weighted by Crippen LogP contribution is 2.30. The predicted octanol–water partition coefficient (Wildman–Crippen LogP) is 2.06. The van der Waals surface area contributed by atoms with Gasteiger partial charge in [0.05, 0.1) is 7.11 Å². The molecule has 0 N–H and O–H groups in total. The van der Waals surface area contributed by atoms with Crippen LogP contribution >= 0.6 is 0 Å². The van der Waals surface area contributed by atoms with Crippen molar-refractivity contribution < 1.29 is 18.7 Å². The summed E-state index contributed by atoms with van der Waals surface area (Å²) >= 11 is 0. The van der Waals surface area contributed by atoms with Crippen LogP contribution in [0.4, 0.5) is 0 Å². The van der Waals surface area contributed by atoms with Crippen LogP contribution in [0.15, 0.2) is 41.1 Å². The Morgan fingerprint density at radius 1 is 1.08 bits per heavy atom. The highest BCUT2D eigenvalue weighted by atomic mass is 16.6. The third-order valence-electron chi connectivity index (χ3n) is 5.18. The second kappa shape index (κ2) is 6.82. The molecule has 3 aliphatic rings. The predicted molar refractivity (Wildman–Crippen MR) is 92.9 cm³/mol. The molecule has 5 rings (SSSR count). The average molecular weight is 355 g/mol. The first-order chi connectivity index (χ1) is 12.7. The number of rotatable bonds is 3. The summed E-state index contributed by atoms with van der Waals surface area (Å²) in [6.07, 6.45) is 5.17. The standard InChI is InChI=1S/C19H21N3O4/c1-25-17-5-4-16(26-17)19(24)22-11-13-2-3-15(22)12-21(10-13)18(23)14-6-8-20-9-7-14/h4-9,13,15H,2-3,10-12H2,1H3/t13-,15+/m0/s1. The van der Waals surface area contributed by atoms with Gasteiger partial charge >= 0.3 is 0 Å². The summed E-state index contributed by atoms with van der Waals surface area (Å²) in [5.74, 6) is 0.740. The number of carbonyl (C=O) groups excluding carboxylic acids is 2. The monoisotopic (exact) mass is 355 g/mol. The number of carbonyl (C=O) groups is 2. The zero-order valence-electron chi connectivity index (χ0n) is 14.6. The quantitative estimate of drug-likeness (QED) is 0.842. The molecular formula is C19H21N3O4. The van der Waals surface area contributed by atoms with Gasteiger partial charge in [0.15, 0.2) is 5.76 Å². The van der Waals surface area contributed by atoms with Crippen molar-refractivity contribution in [2.75, 3.05) is 26.7 Å². The summed E-state index contributed by atoms with van der Waals surface area (Å²) in [6, 6.07) is 6.74. The molecule has 2 amide bonds. The Morgan fingerprint density at radius 2 is 1.88 bits per heavy atom. The molecule has 26 heavy (non-hydrogen) atoms. The molecule has 5 heterocycles. The Balaban J connectivity index is 1.53.